The van der Waals surface area contributed by atoms with Crippen LogP contribution in [-0.2, 0) is 0 Å². The van der Waals surface area contributed by atoms with E-state index in [0.29, 0.717) is 0 Å². The lowest BCUT2D eigenvalue weighted by molar-refractivity contribution is -0.385. The number of aromatic amines is 1. The molecule has 2 aromatic rings. The van der Waals surface area contributed by atoms with E-state index >= 15 is 0 Å². The first-order chi connectivity index (χ1) is 12.9. The van der Waals surface area contributed by atoms with Crippen LogP contribution >= 0.6 is 0 Å². The van der Waals surface area contributed by atoms with Gasteiger partial charge >= 0.3 is 5.69 Å². The highest BCUT2D eigenvalue weighted by Crippen LogP contribution is 2.31. The third-order valence-corrected chi connectivity index (χ3v) is 4.33. The Morgan fingerprint density at radius 3 is 2.44 bits per heavy atom. The van der Waals surface area contributed by atoms with E-state index in [2.05, 4.69) is 25.3 Å². The van der Waals surface area contributed by atoms with Gasteiger partial charge in [0, 0.05) is 37.9 Å². The van der Waals surface area contributed by atoms with Gasteiger partial charge in [0.05, 0.1) is 9.85 Å². The van der Waals surface area contributed by atoms with Crippen LogP contribution in [0.2, 0.25) is 0 Å². The third-order valence-electron chi connectivity index (χ3n) is 4.33. The predicted molar refractivity (Wildman–Crippen MR) is 96.0 cm³/mol. The molecule has 1 saturated heterocycles. The van der Waals surface area contributed by atoms with E-state index in [9.17, 15) is 25.0 Å². The van der Waals surface area contributed by atoms with Crippen LogP contribution in [0.4, 0.5) is 22.7 Å². The maximum Gasteiger partial charge on any atom is 0.319 e. The number of hydrogen-bond acceptors (Lipinski definition) is 8. The van der Waals surface area contributed by atoms with Gasteiger partial charge in [-0.2, -0.15) is 5.10 Å². The van der Waals surface area contributed by atoms with Crippen LogP contribution in [-0.4, -0.2) is 64.1 Å². The molecule has 12 heteroatoms. The smallest absolute Gasteiger partial charge is 0.319 e. The van der Waals surface area contributed by atoms with Crippen LogP contribution in [0.1, 0.15) is 10.5 Å². The van der Waals surface area contributed by atoms with Crippen molar-refractivity contribution in [2.45, 2.75) is 0 Å². The summed E-state index contributed by atoms with van der Waals surface area (Å²) in [6, 6.07) is 4.43. The lowest BCUT2D eigenvalue weighted by Crippen LogP contribution is -2.44. The molecular formula is C15H17N7O5. The molecule has 0 atom stereocenters. The molecule has 0 bridgehead atoms. The largest absolute Gasteiger partial charge is 0.369 e. The van der Waals surface area contributed by atoms with E-state index in [1.807, 2.05) is 7.05 Å². The number of H-pyrrole nitrogens is 1. The summed E-state index contributed by atoms with van der Waals surface area (Å²) in [6.07, 6.45) is 0.976. The number of aromatic nitrogens is 2. The molecule has 2 heterocycles. The first-order valence-electron chi connectivity index (χ1n) is 8.08. The summed E-state index contributed by atoms with van der Waals surface area (Å²) >= 11 is 0. The Hall–Kier alpha value is -3.54. The molecule has 27 heavy (non-hydrogen) atoms. The van der Waals surface area contributed by atoms with Gasteiger partial charge in [0.2, 0.25) is 5.69 Å². The van der Waals surface area contributed by atoms with Crippen LogP contribution in [0.5, 0.6) is 0 Å². The van der Waals surface area contributed by atoms with E-state index < -0.39 is 27.1 Å². The molecule has 1 aliphatic rings. The van der Waals surface area contributed by atoms with Crippen LogP contribution in [0, 0.1) is 20.2 Å². The second-order valence-electron chi connectivity index (χ2n) is 6.08. The van der Waals surface area contributed by atoms with Crippen molar-refractivity contribution in [1.29, 1.82) is 0 Å². The van der Waals surface area contributed by atoms with E-state index in [-0.39, 0.29) is 11.4 Å². The monoisotopic (exact) mass is 375 g/mol. The minimum atomic E-state index is -0.901. The molecule has 1 aromatic heterocycles. The normalized spacial score (nSPS) is 14.8. The van der Waals surface area contributed by atoms with Gasteiger partial charge in [0.15, 0.2) is 0 Å². The van der Waals surface area contributed by atoms with Crippen molar-refractivity contribution >= 4 is 28.7 Å². The number of anilines is 2. The number of benzene rings is 1. The summed E-state index contributed by atoms with van der Waals surface area (Å²) in [7, 11) is 2.01. The summed E-state index contributed by atoms with van der Waals surface area (Å²) in [5.41, 5.74) is -0.580. The number of nitrogens with zero attached hydrogens (tertiary/aromatic N) is 5. The maximum absolute atomic E-state index is 12.4. The fourth-order valence-corrected chi connectivity index (χ4v) is 2.82. The van der Waals surface area contributed by atoms with Crippen molar-refractivity contribution in [3.8, 4) is 0 Å². The third kappa shape index (κ3) is 3.84. The van der Waals surface area contributed by atoms with Crippen molar-refractivity contribution in [3.05, 3.63) is 50.3 Å². The number of carbonyl (C=O) groups is 1. The Morgan fingerprint density at radius 1 is 1.15 bits per heavy atom. The van der Waals surface area contributed by atoms with Crippen LogP contribution in [0.3, 0.4) is 0 Å². The number of amides is 1. The van der Waals surface area contributed by atoms with Crippen LogP contribution in [0.15, 0.2) is 24.4 Å². The molecule has 3 rings (SSSR count). The number of carbonyl (C=O) groups excluding carboxylic acids is 1. The molecule has 0 saturated carbocycles. The SMILES string of the molecule is CN1CCN(c2ccc([N+](=O)[O-])c(NC(=O)c3n[nH]cc3[N+](=O)[O-])c2)CC1. The van der Waals surface area contributed by atoms with Crippen molar-refractivity contribution in [3.63, 3.8) is 0 Å². The minimum absolute atomic E-state index is 0.0428. The number of nitro benzene ring substituents is 1. The zero-order valence-electron chi connectivity index (χ0n) is 14.4. The Kier molecular flexibility index (Phi) is 4.98. The van der Waals surface area contributed by atoms with E-state index in [0.717, 1.165) is 38.1 Å². The average Bonchev–Trinajstić information content (AvgIpc) is 3.12. The Morgan fingerprint density at radius 2 is 1.81 bits per heavy atom. The summed E-state index contributed by atoms with van der Waals surface area (Å²) in [5, 5.41) is 30.4. The highest BCUT2D eigenvalue weighted by molar-refractivity contribution is 6.06. The molecule has 142 valence electrons. The highest BCUT2D eigenvalue weighted by atomic mass is 16.6. The molecular weight excluding hydrogens is 358 g/mol. The van der Waals surface area contributed by atoms with Gasteiger partial charge in [0.1, 0.15) is 11.9 Å². The molecule has 1 aliphatic heterocycles. The standard InChI is InChI=1S/C15H17N7O5/c1-19-4-6-20(7-5-19)10-2-3-12(21(24)25)11(8-10)17-15(23)14-13(22(26)27)9-16-18-14/h2-3,8-9H,4-7H2,1H3,(H,16,18)(H,17,23). The fourth-order valence-electron chi connectivity index (χ4n) is 2.82. The molecule has 0 aliphatic carbocycles. The number of nitrogens with one attached hydrogen (secondary N) is 2. The van der Waals surface area contributed by atoms with Gasteiger partial charge in [-0.1, -0.05) is 0 Å². The van der Waals surface area contributed by atoms with Gasteiger partial charge in [-0.05, 0) is 19.2 Å². The lowest BCUT2D eigenvalue weighted by Gasteiger charge is -2.34. The van der Waals surface area contributed by atoms with Crippen molar-refractivity contribution in [2.75, 3.05) is 43.4 Å². The average molecular weight is 375 g/mol. The highest BCUT2D eigenvalue weighted by Gasteiger charge is 2.26. The van der Waals surface area contributed by atoms with Crippen molar-refractivity contribution in [1.82, 2.24) is 15.1 Å². The summed E-state index contributed by atoms with van der Waals surface area (Å²) in [5.74, 6) is -0.901. The summed E-state index contributed by atoms with van der Waals surface area (Å²) in [6.45, 7) is 3.18. The Balaban J connectivity index is 1.89. The molecule has 1 amide bonds. The van der Waals surface area contributed by atoms with Crippen molar-refractivity contribution < 1.29 is 14.6 Å². The first kappa shape index (κ1) is 18.3. The summed E-state index contributed by atoms with van der Waals surface area (Å²) < 4.78 is 0. The second-order valence-corrected chi connectivity index (χ2v) is 6.08. The molecule has 0 spiro atoms. The van der Waals surface area contributed by atoms with Gasteiger partial charge in [-0.15, -0.1) is 0 Å². The van der Waals surface area contributed by atoms with Gasteiger partial charge in [-0.3, -0.25) is 30.1 Å². The number of hydrogen-bond donors (Lipinski definition) is 2. The zero-order chi connectivity index (χ0) is 19.6. The Bertz CT molecular complexity index is 888. The predicted octanol–water partition coefficient (Wildman–Crippen LogP) is 1.23. The van der Waals surface area contributed by atoms with Crippen LogP contribution < -0.4 is 10.2 Å². The molecule has 0 unspecified atom stereocenters. The number of piperazine rings is 1. The molecule has 1 fully saturated rings. The second kappa shape index (κ2) is 7.37. The Labute approximate surface area is 153 Å². The maximum atomic E-state index is 12.4. The number of likely N-dealkylation sites (N-methyl/N-ethyl adjacent to an activating group) is 1. The fraction of sp³-hybridized carbons (Fsp3) is 0.333. The minimum Gasteiger partial charge on any atom is -0.369 e. The first-order valence-corrected chi connectivity index (χ1v) is 8.08. The quantitative estimate of drug-likeness (QED) is 0.585. The van der Waals surface area contributed by atoms with E-state index in [1.54, 1.807) is 6.07 Å². The molecule has 1 aromatic carbocycles. The van der Waals surface area contributed by atoms with Crippen molar-refractivity contribution in [2.24, 2.45) is 0 Å². The van der Waals surface area contributed by atoms with Crippen LogP contribution in [0.25, 0.3) is 0 Å². The lowest BCUT2D eigenvalue weighted by atomic mass is 10.2. The molecule has 2 N–H and O–H groups in total. The van der Waals surface area contributed by atoms with Gasteiger partial charge in [0.25, 0.3) is 11.6 Å². The molecule has 12 nitrogen and oxygen atoms in total. The topological polar surface area (TPSA) is 151 Å². The van der Waals surface area contributed by atoms with E-state index in [1.165, 1.54) is 12.1 Å². The summed E-state index contributed by atoms with van der Waals surface area (Å²) in [4.78, 5) is 37.5. The molecule has 0 radical (unpaired) electrons. The van der Waals surface area contributed by atoms with Gasteiger partial charge in [-0.25, -0.2) is 0 Å². The van der Waals surface area contributed by atoms with E-state index in [4.69, 9.17) is 0 Å². The van der Waals surface area contributed by atoms with Gasteiger partial charge < -0.3 is 15.1 Å². The zero-order valence-corrected chi connectivity index (χ0v) is 14.4. The number of nitro groups is 2. The number of rotatable bonds is 5.